The topological polar surface area (TPSA) is 67.2 Å². The van der Waals surface area contributed by atoms with E-state index >= 15 is 0 Å². The summed E-state index contributed by atoms with van der Waals surface area (Å²) in [5.74, 6) is 1.34. The van der Waals surface area contributed by atoms with Crippen molar-refractivity contribution >= 4 is 28.7 Å². The standard InChI is InChI=1S/C16H15N3O2S/c20-16(9-14-4-2-8-22-14)19-15-6-5-12(10-18-15)17-11-13-3-1-7-21-13/h1-8,10,17H,9,11H2,(H,18,19,20). The molecule has 0 radical (unpaired) electrons. The van der Waals surface area contributed by atoms with E-state index in [2.05, 4.69) is 15.6 Å². The van der Waals surface area contributed by atoms with Gasteiger partial charge in [-0.2, -0.15) is 0 Å². The Morgan fingerprint density at radius 2 is 2.18 bits per heavy atom. The molecule has 3 heterocycles. The molecule has 0 unspecified atom stereocenters. The molecule has 0 aliphatic rings. The maximum absolute atomic E-state index is 11.9. The number of hydrogen-bond donors (Lipinski definition) is 2. The summed E-state index contributed by atoms with van der Waals surface area (Å²) in [6.07, 6.45) is 3.70. The summed E-state index contributed by atoms with van der Waals surface area (Å²) in [7, 11) is 0. The first kappa shape index (κ1) is 14.3. The summed E-state index contributed by atoms with van der Waals surface area (Å²) < 4.78 is 5.24. The highest BCUT2D eigenvalue weighted by molar-refractivity contribution is 7.10. The Kier molecular flexibility index (Phi) is 4.50. The van der Waals surface area contributed by atoms with Crippen molar-refractivity contribution in [3.05, 3.63) is 64.9 Å². The van der Waals surface area contributed by atoms with Gasteiger partial charge in [-0.1, -0.05) is 6.07 Å². The number of aromatic nitrogens is 1. The molecule has 5 nitrogen and oxygen atoms in total. The third kappa shape index (κ3) is 3.95. The molecule has 0 spiro atoms. The molecule has 3 aromatic rings. The summed E-state index contributed by atoms with van der Waals surface area (Å²) in [6.45, 7) is 0.596. The van der Waals surface area contributed by atoms with Crippen LogP contribution in [-0.2, 0) is 17.8 Å². The van der Waals surface area contributed by atoms with Gasteiger partial charge in [0.2, 0.25) is 5.91 Å². The Bertz CT molecular complexity index is 706. The average molecular weight is 313 g/mol. The quantitative estimate of drug-likeness (QED) is 0.730. The molecule has 22 heavy (non-hydrogen) atoms. The van der Waals surface area contributed by atoms with E-state index in [1.54, 1.807) is 29.9 Å². The van der Waals surface area contributed by atoms with Crippen molar-refractivity contribution in [2.75, 3.05) is 10.6 Å². The number of anilines is 2. The van der Waals surface area contributed by atoms with Gasteiger partial charge in [0.15, 0.2) is 0 Å². The minimum absolute atomic E-state index is 0.0637. The van der Waals surface area contributed by atoms with E-state index in [1.807, 2.05) is 35.7 Å². The van der Waals surface area contributed by atoms with Crippen LogP contribution < -0.4 is 10.6 Å². The van der Waals surface area contributed by atoms with Crippen molar-refractivity contribution < 1.29 is 9.21 Å². The van der Waals surface area contributed by atoms with E-state index < -0.39 is 0 Å². The number of amides is 1. The largest absolute Gasteiger partial charge is 0.467 e. The minimum atomic E-state index is -0.0637. The van der Waals surface area contributed by atoms with E-state index in [1.165, 1.54) is 0 Å². The molecule has 0 aromatic carbocycles. The van der Waals surface area contributed by atoms with Gasteiger partial charge in [-0.05, 0) is 35.7 Å². The Balaban J connectivity index is 1.51. The third-order valence-corrected chi connectivity index (χ3v) is 3.87. The summed E-state index contributed by atoms with van der Waals surface area (Å²) in [4.78, 5) is 17.1. The number of hydrogen-bond acceptors (Lipinski definition) is 5. The van der Waals surface area contributed by atoms with E-state index in [0.29, 0.717) is 18.8 Å². The number of furan rings is 1. The Hall–Kier alpha value is -2.60. The molecule has 0 fully saturated rings. The van der Waals surface area contributed by atoms with Gasteiger partial charge < -0.3 is 15.1 Å². The maximum atomic E-state index is 11.9. The number of nitrogens with one attached hydrogen (secondary N) is 2. The van der Waals surface area contributed by atoms with Gasteiger partial charge in [0.1, 0.15) is 11.6 Å². The third-order valence-electron chi connectivity index (χ3n) is 2.99. The van der Waals surface area contributed by atoms with E-state index in [-0.39, 0.29) is 5.91 Å². The highest BCUT2D eigenvalue weighted by Gasteiger charge is 2.05. The molecule has 0 atom stereocenters. The lowest BCUT2D eigenvalue weighted by molar-refractivity contribution is -0.115. The summed E-state index contributed by atoms with van der Waals surface area (Å²) >= 11 is 1.57. The molecule has 112 valence electrons. The number of carbonyl (C=O) groups is 1. The predicted octanol–water partition coefficient (Wildman–Crippen LogP) is 3.53. The lowest BCUT2D eigenvalue weighted by atomic mass is 10.3. The van der Waals surface area contributed by atoms with E-state index in [4.69, 9.17) is 4.42 Å². The van der Waals surface area contributed by atoms with Crippen LogP contribution in [0.15, 0.2) is 58.7 Å². The zero-order valence-electron chi connectivity index (χ0n) is 11.8. The smallest absolute Gasteiger partial charge is 0.230 e. The van der Waals surface area contributed by atoms with Crippen LogP contribution in [-0.4, -0.2) is 10.9 Å². The lowest BCUT2D eigenvalue weighted by Crippen LogP contribution is -2.14. The fourth-order valence-electron chi connectivity index (χ4n) is 1.93. The zero-order chi connectivity index (χ0) is 15.2. The molecule has 0 aliphatic carbocycles. The van der Waals surface area contributed by atoms with Crippen molar-refractivity contribution in [3.8, 4) is 0 Å². The summed E-state index contributed by atoms with van der Waals surface area (Å²) in [6, 6.07) is 11.3. The molecule has 1 amide bonds. The Labute approximate surface area is 132 Å². The van der Waals surface area contributed by atoms with Crippen LogP contribution in [0.1, 0.15) is 10.6 Å². The van der Waals surface area contributed by atoms with Crippen molar-refractivity contribution in [3.63, 3.8) is 0 Å². The van der Waals surface area contributed by atoms with E-state index in [0.717, 1.165) is 16.3 Å². The van der Waals surface area contributed by atoms with Gasteiger partial charge in [-0.15, -0.1) is 11.3 Å². The molecule has 0 saturated carbocycles. The number of carbonyl (C=O) groups excluding carboxylic acids is 1. The average Bonchev–Trinajstić information content (AvgIpc) is 3.20. The summed E-state index contributed by atoms with van der Waals surface area (Å²) in [5, 5.41) is 7.94. The van der Waals surface area contributed by atoms with Crippen LogP contribution in [0.5, 0.6) is 0 Å². The van der Waals surface area contributed by atoms with Gasteiger partial charge in [0.25, 0.3) is 0 Å². The Morgan fingerprint density at radius 3 is 2.86 bits per heavy atom. The Morgan fingerprint density at radius 1 is 1.23 bits per heavy atom. The maximum Gasteiger partial charge on any atom is 0.230 e. The second-order valence-corrected chi connectivity index (χ2v) is 5.70. The van der Waals surface area contributed by atoms with Gasteiger partial charge in [-0.25, -0.2) is 4.98 Å². The van der Waals surface area contributed by atoms with E-state index in [9.17, 15) is 4.79 Å². The van der Waals surface area contributed by atoms with Crippen LogP contribution in [0, 0.1) is 0 Å². The highest BCUT2D eigenvalue weighted by atomic mass is 32.1. The van der Waals surface area contributed by atoms with Crippen molar-refractivity contribution in [1.82, 2.24) is 4.98 Å². The van der Waals surface area contributed by atoms with Crippen LogP contribution in [0.4, 0.5) is 11.5 Å². The first-order valence-electron chi connectivity index (χ1n) is 6.84. The molecule has 0 saturated heterocycles. The van der Waals surface area contributed by atoms with Crippen LogP contribution in [0.3, 0.4) is 0 Å². The van der Waals surface area contributed by atoms with Gasteiger partial charge in [0.05, 0.1) is 31.1 Å². The van der Waals surface area contributed by atoms with Gasteiger partial charge in [0, 0.05) is 4.88 Å². The first-order valence-corrected chi connectivity index (χ1v) is 7.72. The molecule has 0 aliphatic heterocycles. The molecular formula is C16H15N3O2S. The number of nitrogens with zero attached hydrogens (tertiary/aromatic N) is 1. The zero-order valence-corrected chi connectivity index (χ0v) is 12.6. The monoisotopic (exact) mass is 313 g/mol. The van der Waals surface area contributed by atoms with Crippen molar-refractivity contribution in [2.24, 2.45) is 0 Å². The highest BCUT2D eigenvalue weighted by Crippen LogP contribution is 2.13. The van der Waals surface area contributed by atoms with Gasteiger partial charge >= 0.3 is 0 Å². The minimum Gasteiger partial charge on any atom is -0.467 e. The molecule has 2 N–H and O–H groups in total. The SMILES string of the molecule is O=C(Cc1cccs1)Nc1ccc(NCc2ccco2)cn1. The number of pyridine rings is 1. The second kappa shape index (κ2) is 6.91. The molecule has 6 heteroatoms. The number of rotatable bonds is 6. The first-order chi connectivity index (χ1) is 10.8. The molecule has 3 aromatic heterocycles. The normalized spacial score (nSPS) is 10.4. The van der Waals surface area contributed by atoms with Crippen LogP contribution in [0.25, 0.3) is 0 Å². The van der Waals surface area contributed by atoms with Crippen LogP contribution in [0.2, 0.25) is 0 Å². The summed E-state index contributed by atoms with van der Waals surface area (Å²) in [5.41, 5.74) is 0.868. The van der Waals surface area contributed by atoms with Gasteiger partial charge in [-0.3, -0.25) is 4.79 Å². The molecule has 0 bridgehead atoms. The second-order valence-electron chi connectivity index (χ2n) is 4.67. The fraction of sp³-hybridized carbons (Fsp3) is 0.125. The van der Waals surface area contributed by atoms with Crippen molar-refractivity contribution in [1.29, 1.82) is 0 Å². The molecule has 3 rings (SSSR count). The predicted molar refractivity (Wildman–Crippen MR) is 86.9 cm³/mol. The number of thiophene rings is 1. The molecular weight excluding hydrogens is 298 g/mol. The van der Waals surface area contributed by atoms with Crippen molar-refractivity contribution in [2.45, 2.75) is 13.0 Å². The fourth-order valence-corrected chi connectivity index (χ4v) is 2.64. The lowest BCUT2D eigenvalue weighted by Gasteiger charge is -2.06. The van der Waals surface area contributed by atoms with Crippen LogP contribution >= 0.6 is 11.3 Å².